The molecule has 1 aliphatic rings. The Morgan fingerprint density at radius 3 is 2.35 bits per heavy atom. The Morgan fingerprint density at radius 1 is 1.25 bits per heavy atom. The molecule has 4 nitrogen and oxygen atoms in total. The molecule has 0 aromatic rings. The summed E-state index contributed by atoms with van der Waals surface area (Å²) >= 11 is 0. The van der Waals surface area contributed by atoms with Crippen LogP contribution in [0, 0.1) is 5.92 Å². The average Bonchev–Trinajstić information content (AvgIpc) is 2.37. The second-order valence-electron chi connectivity index (χ2n) is 4.41. The number of amides is 1. The molecule has 1 heterocycles. The zero-order valence-electron chi connectivity index (χ0n) is 10.7. The molecule has 1 atom stereocenters. The van der Waals surface area contributed by atoms with E-state index in [1.807, 2.05) is 0 Å². The minimum Gasteiger partial charge on any atom is -0.466 e. The van der Waals surface area contributed by atoms with Crippen molar-refractivity contribution in [2.45, 2.75) is 31.9 Å². The Bertz CT molecular complexity index is 383. The third kappa shape index (κ3) is 3.37. The molecular weight excluding hydrogens is 289 g/mol. The van der Waals surface area contributed by atoms with Crippen LogP contribution in [0.25, 0.3) is 0 Å². The van der Waals surface area contributed by atoms with Gasteiger partial charge in [-0.3, -0.25) is 9.59 Å². The normalized spacial score (nSPS) is 20.7. The summed E-state index contributed by atoms with van der Waals surface area (Å²) in [6.07, 6.45) is -5.48. The van der Waals surface area contributed by atoms with Crippen molar-refractivity contribution in [2.24, 2.45) is 5.92 Å². The van der Waals surface area contributed by atoms with Crippen molar-refractivity contribution < 1.29 is 36.3 Å². The lowest BCUT2D eigenvalue weighted by atomic mass is 9.97. The van der Waals surface area contributed by atoms with Gasteiger partial charge in [-0.2, -0.15) is 22.0 Å². The highest BCUT2D eigenvalue weighted by Gasteiger charge is 2.64. The Kier molecular flexibility index (Phi) is 4.93. The molecule has 0 N–H and O–H groups in total. The van der Waals surface area contributed by atoms with Crippen molar-refractivity contribution in [2.75, 3.05) is 19.7 Å². The molecule has 0 aromatic heterocycles. The topological polar surface area (TPSA) is 46.6 Å². The van der Waals surface area contributed by atoms with Crippen LogP contribution in [0.2, 0.25) is 0 Å². The van der Waals surface area contributed by atoms with Crippen molar-refractivity contribution in [3.05, 3.63) is 0 Å². The van der Waals surface area contributed by atoms with Gasteiger partial charge >= 0.3 is 24.0 Å². The molecule has 0 bridgehead atoms. The van der Waals surface area contributed by atoms with Crippen molar-refractivity contribution in [3.63, 3.8) is 0 Å². The first kappa shape index (κ1) is 16.6. The lowest BCUT2D eigenvalue weighted by Gasteiger charge is -2.34. The minimum absolute atomic E-state index is 0.0714. The van der Waals surface area contributed by atoms with E-state index in [-0.39, 0.29) is 19.6 Å². The molecular formula is C11H14F5NO3. The number of likely N-dealkylation sites (tertiary alicyclic amines) is 1. The summed E-state index contributed by atoms with van der Waals surface area (Å²) in [6, 6.07) is 0. The van der Waals surface area contributed by atoms with E-state index in [4.69, 9.17) is 0 Å². The zero-order valence-corrected chi connectivity index (χ0v) is 10.7. The molecule has 0 aliphatic carbocycles. The first-order valence-corrected chi connectivity index (χ1v) is 6.01. The van der Waals surface area contributed by atoms with Gasteiger partial charge in [-0.15, -0.1) is 0 Å². The summed E-state index contributed by atoms with van der Waals surface area (Å²) in [4.78, 5) is 23.1. The van der Waals surface area contributed by atoms with Crippen LogP contribution in [-0.4, -0.2) is 48.6 Å². The summed E-state index contributed by atoms with van der Waals surface area (Å²) in [6.45, 7) is 0.896. The maximum absolute atomic E-state index is 13.0. The van der Waals surface area contributed by atoms with Crippen LogP contribution in [0.15, 0.2) is 0 Å². The molecule has 1 saturated heterocycles. The Hall–Kier alpha value is -1.41. The van der Waals surface area contributed by atoms with E-state index in [9.17, 15) is 31.5 Å². The number of esters is 1. The van der Waals surface area contributed by atoms with Gasteiger partial charge in [0.25, 0.3) is 0 Å². The molecule has 9 heteroatoms. The monoisotopic (exact) mass is 303 g/mol. The van der Waals surface area contributed by atoms with Gasteiger partial charge in [0.15, 0.2) is 0 Å². The van der Waals surface area contributed by atoms with Crippen molar-refractivity contribution in [1.82, 2.24) is 4.90 Å². The molecule has 0 saturated carbocycles. The predicted molar refractivity (Wildman–Crippen MR) is 56.9 cm³/mol. The van der Waals surface area contributed by atoms with E-state index < -0.39 is 36.4 Å². The molecule has 1 unspecified atom stereocenters. The third-order valence-electron chi connectivity index (χ3n) is 2.95. The molecule has 116 valence electrons. The Morgan fingerprint density at radius 2 is 1.85 bits per heavy atom. The lowest BCUT2D eigenvalue weighted by Crippen LogP contribution is -2.55. The number of ether oxygens (including phenoxy) is 1. The maximum atomic E-state index is 13.0. The van der Waals surface area contributed by atoms with E-state index in [1.54, 1.807) is 6.92 Å². The quantitative estimate of drug-likeness (QED) is 0.592. The fourth-order valence-electron chi connectivity index (χ4n) is 1.93. The van der Waals surface area contributed by atoms with Crippen LogP contribution in [-0.2, 0) is 14.3 Å². The number of halogens is 5. The number of rotatable bonds is 3. The molecule has 1 amide bonds. The number of hydrogen-bond donors (Lipinski definition) is 0. The first-order chi connectivity index (χ1) is 9.11. The largest absolute Gasteiger partial charge is 0.466 e. The van der Waals surface area contributed by atoms with Crippen molar-refractivity contribution in [3.8, 4) is 0 Å². The van der Waals surface area contributed by atoms with Crippen molar-refractivity contribution in [1.29, 1.82) is 0 Å². The number of hydrogen-bond acceptors (Lipinski definition) is 3. The highest BCUT2D eigenvalue weighted by Crippen LogP contribution is 2.37. The van der Waals surface area contributed by atoms with Gasteiger partial charge in [-0.25, -0.2) is 0 Å². The van der Waals surface area contributed by atoms with Gasteiger partial charge in [-0.05, 0) is 19.8 Å². The van der Waals surface area contributed by atoms with Gasteiger partial charge in [0.1, 0.15) is 0 Å². The zero-order chi connectivity index (χ0) is 15.6. The van der Waals surface area contributed by atoms with E-state index in [0.29, 0.717) is 11.3 Å². The summed E-state index contributed by atoms with van der Waals surface area (Å²) < 4.78 is 67.0. The van der Waals surface area contributed by atoms with Gasteiger partial charge in [0.05, 0.1) is 12.5 Å². The molecule has 1 aliphatic heterocycles. The fourth-order valence-corrected chi connectivity index (χ4v) is 1.93. The predicted octanol–water partition coefficient (Wildman–Crippen LogP) is 1.99. The third-order valence-corrected chi connectivity index (χ3v) is 2.95. The van der Waals surface area contributed by atoms with Crippen LogP contribution in [0.5, 0.6) is 0 Å². The highest BCUT2D eigenvalue weighted by atomic mass is 19.4. The minimum atomic E-state index is -5.94. The van der Waals surface area contributed by atoms with Crippen molar-refractivity contribution >= 4 is 11.9 Å². The van der Waals surface area contributed by atoms with Crippen LogP contribution in [0.3, 0.4) is 0 Å². The second kappa shape index (κ2) is 5.92. The number of carbonyl (C=O) groups excluding carboxylic acids is 2. The van der Waals surface area contributed by atoms with Gasteiger partial charge in [-0.1, -0.05) is 0 Å². The van der Waals surface area contributed by atoms with Gasteiger partial charge < -0.3 is 9.64 Å². The standard InChI is InChI=1S/C11H14F5NO3/c1-2-20-8(18)7-4-3-5-17(6-7)9(19)10(12,13)11(14,15)16/h7H,2-6H2,1H3. The second-order valence-corrected chi connectivity index (χ2v) is 4.41. The van der Waals surface area contributed by atoms with Gasteiger partial charge in [0, 0.05) is 13.1 Å². The highest BCUT2D eigenvalue weighted by molar-refractivity contribution is 5.85. The number of carbonyl (C=O) groups is 2. The average molecular weight is 303 g/mol. The molecule has 0 radical (unpaired) electrons. The molecule has 1 fully saturated rings. The van der Waals surface area contributed by atoms with E-state index >= 15 is 0 Å². The lowest BCUT2D eigenvalue weighted by molar-refractivity contribution is -0.274. The number of nitrogens with zero attached hydrogens (tertiary/aromatic N) is 1. The van der Waals surface area contributed by atoms with E-state index in [0.717, 1.165) is 0 Å². The smallest absolute Gasteiger partial charge is 0.463 e. The molecule has 0 spiro atoms. The summed E-state index contributed by atoms with van der Waals surface area (Å²) in [5.74, 6) is -9.32. The van der Waals surface area contributed by atoms with Crippen LogP contribution < -0.4 is 0 Å². The summed E-state index contributed by atoms with van der Waals surface area (Å²) in [7, 11) is 0. The number of piperidine rings is 1. The van der Waals surface area contributed by atoms with E-state index in [2.05, 4.69) is 4.74 Å². The fraction of sp³-hybridized carbons (Fsp3) is 0.818. The Balaban J connectivity index is 2.77. The Labute approximate surface area is 111 Å². The molecule has 20 heavy (non-hydrogen) atoms. The summed E-state index contributed by atoms with van der Waals surface area (Å²) in [5.41, 5.74) is 0. The summed E-state index contributed by atoms with van der Waals surface area (Å²) in [5, 5.41) is 0. The SMILES string of the molecule is CCOC(=O)C1CCCN(C(=O)C(F)(F)C(F)(F)F)C1. The van der Waals surface area contributed by atoms with Crippen LogP contribution in [0.1, 0.15) is 19.8 Å². The van der Waals surface area contributed by atoms with Crippen LogP contribution in [0.4, 0.5) is 22.0 Å². The molecule has 0 aromatic carbocycles. The number of alkyl halides is 5. The molecule has 1 rings (SSSR count). The maximum Gasteiger partial charge on any atom is 0.463 e. The van der Waals surface area contributed by atoms with Crippen LogP contribution >= 0.6 is 0 Å². The van der Waals surface area contributed by atoms with E-state index in [1.165, 1.54) is 0 Å². The van der Waals surface area contributed by atoms with Gasteiger partial charge in [0.2, 0.25) is 0 Å². The first-order valence-electron chi connectivity index (χ1n) is 6.01.